The average molecular weight is 305 g/mol. The first-order valence-electron chi connectivity index (χ1n) is 6.18. The van der Waals surface area contributed by atoms with Gasteiger partial charge in [-0.05, 0) is 25.1 Å². The van der Waals surface area contributed by atoms with E-state index in [0.717, 1.165) is 0 Å². The Labute approximate surface area is 126 Å². The summed E-state index contributed by atoms with van der Waals surface area (Å²) in [6.45, 7) is 1.77. The Kier molecular flexibility index (Phi) is 4.54. The van der Waals surface area contributed by atoms with Crippen LogP contribution in [0.25, 0.3) is 0 Å². The molecule has 0 unspecified atom stereocenters. The zero-order valence-corrected chi connectivity index (χ0v) is 12.7. The topological polar surface area (TPSA) is 80.3 Å². The summed E-state index contributed by atoms with van der Waals surface area (Å²) in [7, 11) is 3.05. The zero-order chi connectivity index (χ0) is 15.4. The summed E-state index contributed by atoms with van der Waals surface area (Å²) in [5.41, 5.74) is 3.16. The molecule has 1 heterocycles. The molecule has 0 atom stereocenters. The van der Waals surface area contributed by atoms with Gasteiger partial charge < -0.3 is 15.4 Å². The van der Waals surface area contributed by atoms with Gasteiger partial charge in [-0.15, -0.1) is 11.3 Å². The zero-order valence-electron chi connectivity index (χ0n) is 11.9. The number of carbonyl (C=O) groups excluding carboxylic acids is 2. The molecule has 6 nitrogen and oxygen atoms in total. The highest BCUT2D eigenvalue weighted by Crippen LogP contribution is 2.27. The van der Waals surface area contributed by atoms with Crippen molar-refractivity contribution >= 4 is 28.8 Å². The van der Waals surface area contributed by atoms with Gasteiger partial charge in [-0.2, -0.15) is 0 Å². The van der Waals surface area contributed by atoms with Gasteiger partial charge in [0.25, 0.3) is 11.8 Å². The minimum Gasteiger partial charge on any atom is -0.495 e. The van der Waals surface area contributed by atoms with E-state index in [0.29, 0.717) is 27.6 Å². The molecule has 2 N–H and O–H groups in total. The minimum absolute atomic E-state index is 0.234. The van der Waals surface area contributed by atoms with Crippen molar-refractivity contribution in [2.75, 3.05) is 19.5 Å². The maximum Gasteiger partial charge on any atom is 0.267 e. The van der Waals surface area contributed by atoms with Crippen LogP contribution in [0.3, 0.4) is 0 Å². The highest BCUT2D eigenvalue weighted by Gasteiger charge is 2.15. The minimum atomic E-state index is -0.276. The predicted molar refractivity (Wildman–Crippen MR) is 81.2 cm³/mol. The van der Waals surface area contributed by atoms with E-state index in [4.69, 9.17) is 4.74 Å². The second kappa shape index (κ2) is 6.36. The SMILES string of the molecule is CNC(=O)c1ccc(OC)c(NC(=O)c2scnc2C)c1. The number of aryl methyl sites for hydroxylation is 1. The first-order chi connectivity index (χ1) is 10.1. The molecule has 0 fully saturated rings. The molecule has 0 saturated heterocycles. The molecule has 7 heteroatoms. The van der Waals surface area contributed by atoms with E-state index < -0.39 is 0 Å². The van der Waals surface area contributed by atoms with Gasteiger partial charge in [-0.25, -0.2) is 4.98 Å². The normalized spacial score (nSPS) is 10.0. The van der Waals surface area contributed by atoms with E-state index in [9.17, 15) is 9.59 Å². The lowest BCUT2D eigenvalue weighted by Crippen LogP contribution is -2.18. The van der Waals surface area contributed by atoms with E-state index in [1.807, 2.05) is 0 Å². The third-order valence-corrected chi connectivity index (χ3v) is 3.82. The maximum atomic E-state index is 12.2. The molecule has 2 amide bonds. The second-order valence-electron chi connectivity index (χ2n) is 4.22. The van der Waals surface area contributed by atoms with Crippen LogP contribution in [-0.2, 0) is 0 Å². The molecule has 1 aromatic heterocycles. The van der Waals surface area contributed by atoms with Crippen molar-refractivity contribution in [3.63, 3.8) is 0 Å². The fourth-order valence-corrected chi connectivity index (χ4v) is 2.49. The number of hydrogen-bond acceptors (Lipinski definition) is 5. The van der Waals surface area contributed by atoms with Gasteiger partial charge in [0.1, 0.15) is 10.6 Å². The van der Waals surface area contributed by atoms with Crippen LogP contribution in [0.2, 0.25) is 0 Å². The molecule has 0 radical (unpaired) electrons. The monoisotopic (exact) mass is 305 g/mol. The Hall–Kier alpha value is -2.41. The number of amides is 2. The van der Waals surface area contributed by atoms with Gasteiger partial charge in [0.05, 0.1) is 24.0 Å². The number of anilines is 1. The van der Waals surface area contributed by atoms with Crippen LogP contribution in [0.5, 0.6) is 5.75 Å². The van der Waals surface area contributed by atoms with E-state index in [1.54, 1.807) is 37.7 Å². The Balaban J connectivity index is 2.31. The van der Waals surface area contributed by atoms with Crippen LogP contribution >= 0.6 is 11.3 Å². The number of nitrogens with zero attached hydrogens (tertiary/aromatic N) is 1. The number of rotatable bonds is 4. The lowest BCUT2D eigenvalue weighted by atomic mass is 10.1. The number of thiazole rings is 1. The van der Waals surface area contributed by atoms with Crippen molar-refractivity contribution in [3.05, 3.63) is 39.8 Å². The van der Waals surface area contributed by atoms with Crippen molar-refractivity contribution in [1.82, 2.24) is 10.3 Å². The molecule has 0 saturated carbocycles. The second-order valence-corrected chi connectivity index (χ2v) is 5.07. The van der Waals surface area contributed by atoms with Crippen molar-refractivity contribution in [2.24, 2.45) is 0 Å². The fraction of sp³-hybridized carbons (Fsp3) is 0.214. The van der Waals surface area contributed by atoms with Crippen LogP contribution in [0.1, 0.15) is 25.7 Å². The van der Waals surface area contributed by atoms with Gasteiger partial charge in [-0.1, -0.05) is 0 Å². The van der Waals surface area contributed by atoms with Crippen LogP contribution in [0.15, 0.2) is 23.7 Å². The first-order valence-corrected chi connectivity index (χ1v) is 7.06. The van der Waals surface area contributed by atoms with Crippen molar-refractivity contribution in [1.29, 1.82) is 0 Å². The molecule has 110 valence electrons. The number of nitrogens with one attached hydrogen (secondary N) is 2. The molecule has 2 rings (SSSR count). The van der Waals surface area contributed by atoms with E-state index in [2.05, 4.69) is 15.6 Å². The van der Waals surface area contributed by atoms with Crippen molar-refractivity contribution < 1.29 is 14.3 Å². The molecular formula is C14H15N3O3S. The van der Waals surface area contributed by atoms with Crippen molar-refractivity contribution in [3.8, 4) is 5.75 Å². The molecule has 2 aromatic rings. The summed E-state index contributed by atoms with van der Waals surface area (Å²) in [5, 5.41) is 5.29. The lowest BCUT2D eigenvalue weighted by molar-refractivity contribution is 0.0961. The van der Waals surface area contributed by atoms with Crippen molar-refractivity contribution in [2.45, 2.75) is 6.92 Å². The maximum absolute atomic E-state index is 12.2. The lowest BCUT2D eigenvalue weighted by Gasteiger charge is -2.11. The summed E-state index contributed by atoms with van der Waals surface area (Å²) < 4.78 is 5.20. The predicted octanol–water partition coefficient (Wildman–Crippen LogP) is 2.07. The van der Waals surface area contributed by atoms with Crippen LogP contribution < -0.4 is 15.4 Å². The summed E-state index contributed by atoms with van der Waals surface area (Å²) in [5.74, 6) is -0.0253. The number of methoxy groups -OCH3 is 1. The van der Waals surface area contributed by atoms with Gasteiger partial charge in [0.15, 0.2) is 0 Å². The standard InChI is InChI=1S/C14H15N3O3S/c1-8-12(21-7-16-8)14(19)17-10-6-9(13(18)15-2)4-5-11(10)20-3/h4-7H,1-3H3,(H,15,18)(H,17,19). The largest absolute Gasteiger partial charge is 0.495 e. The molecule has 1 aromatic carbocycles. The summed E-state index contributed by atoms with van der Waals surface area (Å²) >= 11 is 1.26. The number of aromatic nitrogens is 1. The number of ether oxygens (including phenoxy) is 1. The summed E-state index contributed by atoms with van der Waals surface area (Å²) in [6.07, 6.45) is 0. The first kappa shape index (κ1) is 15.0. The van der Waals surface area contributed by atoms with E-state index >= 15 is 0 Å². The Morgan fingerprint density at radius 3 is 2.62 bits per heavy atom. The number of carbonyl (C=O) groups is 2. The molecule has 0 aliphatic carbocycles. The van der Waals surface area contributed by atoms with Gasteiger partial charge in [0, 0.05) is 12.6 Å². The van der Waals surface area contributed by atoms with Gasteiger partial charge in [-0.3, -0.25) is 9.59 Å². The van der Waals surface area contributed by atoms with Gasteiger partial charge in [0.2, 0.25) is 0 Å². The Morgan fingerprint density at radius 2 is 2.05 bits per heavy atom. The van der Waals surface area contributed by atoms with Crippen LogP contribution in [0, 0.1) is 6.92 Å². The van der Waals surface area contributed by atoms with Crippen LogP contribution in [-0.4, -0.2) is 31.0 Å². The fourth-order valence-electron chi connectivity index (χ4n) is 1.79. The smallest absolute Gasteiger partial charge is 0.267 e. The molecule has 0 aliphatic rings. The molecule has 0 bridgehead atoms. The average Bonchev–Trinajstić information content (AvgIpc) is 2.92. The third kappa shape index (κ3) is 3.19. The summed E-state index contributed by atoms with van der Waals surface area (Å²) in [4.78, 5) is 28.5. The Morgan fingerprint density at radius 1 is 1.29 bits per heavy atom. The summed E-state index contributed by atoms with van der Waals surface area (Å²) in [6, 6.07) is 4.84. The quantitative estimate of drug-likeness (QED) is 0.906. The molecule has 21 heavy (non-hydrogen) atoms. The molecule has 0 aliphatic heterocycles. The Bertz CT molecular complexity index is 682. The number of hydrogen-bond donors (Lipinski definition) is 2. The molecular weight excluding hydrogens is 290 g/mol. The van der Waals surface area contributed by atoms with Gasteiger partial charge >= 0.3 is 0 Å². The van der Waals surface area contributed by atoms with E-state index in [-0.39, 0.29) is 11.8 Å². The number of benzene rings is 1. The third-order valence-electron chi connectivity index (χ3n) is 2.89. The van der Waals surface area contributed by atoms with Crippen LogP contribution in [0.4, 0.5) is 5.69 Å². The van der Waals surface area contributed by atoms with E-state index in [1.165, 1.54) is 18.4 Å². The molecule has 0 spiro atoms. The highest BCUT2D eigenvalue weighted by molar-refractivity contribution is 7.12. The highest BCUT2D eigenvalue weighted by atomic mass is 32.1.